The van der Waals surface area contributed by atoms with Gasteiger partial charge in [-0.2, -0.15) is 0 Å². The summed E-state index contributed by atoms with van der Waals surface area (Å²) in [5.74, 6) is 0.602. The maximum Gasteiger partial charge on any atom is 0.251 e. The van der Waals surface area contributed by atoms with Crippen LogP contribution in [0.1, 0.15) is 35.3 Å². The minimum absolute atomic E-state index is 0.0334. The van der Waals surface area contributed by atoms with Gasteiger partial charge in [-0.15, -0.1) is 0 Å². The summed E-state index contributed by atoms with van der Waals surface area (Å²) in [4.78, 5) is 29.3. The molecule has 0 aliphatic heterocycles. The Morgan fingerprint density at radius 3 is 2.19 bits per heavy atom. The lowest BCUT2D eigenvalue weighted by Crippen LogP contribution is -2.47. The van der Waals surface area contributed by atoms with Gasteiger partial charge in [0.2, 0.25) is 5.91 Å². The lowest BCUT2D eigenvalue weighted by atomic mass is 10.0. The Morgan fingerprint density at radius 2 is 1.68 bits per heavy atom. The number of rotatable bonds is 8. The molecule has 2 aromatic rings. The van der Waals surface area contributed by atoms with Gasteiger partial charge in [0.05, 0.1) is 11.1 Å². The van der Waals surface area contributed by atoms with E-state index < -0.39 is 6.04 Å². The summed E-state index contributed by atoms with van der Waals surface area (Å²) >= 11 is 6.24. The third-order valence-electron chi connectivity index (χ3n) is 4.55. The van der Waals surface area contributed by atoms with E-state index in [1.807, 2.05) is 38.1 Å². The molecule has 1 atom stereocenters. The van der Waals surface area contributed by atoms with Crippen LogP contribution in [0, 0.1) is 0 Å². The molecule has 0 aliphatic carbocycles. The van der Waals surface area contributed by atoms with E-state index in [1.165, 1.54) is 13.1 Å². The molecule has 31 heavy (non-hydrogen) atoms. The molecule has 0 saturated heterocycles. The average Bonchev–Trinajstić information content (AvgIpc) is 2.75. The van der Waals surface area contributed by atoms with Crippen molar-refractivity contribution in [3.8, 4) is 5.75 Å². The summed E-state index contributed by atoms with van der Waals surface area (Å²) in [5.41, 5.74) is 2.19. The summed E-state index contributed by atoms with van der Waals surface area (Å²) in [7, 11) is 5.06. The van der Waals surface area contributed by atoms with Crippen molar-refractivity contribution in [2.24, 2.45) is 4.99 Å². The molecule has 2 rings (SSSR count). The summed E-state index contributed by atoms with van der Waals surface area (Å²) in [6.45, 7) is 3.79. The summed E-state index contributed by atoms with van der Waals surface area (Å²) in [6.07, 6.45) is 0.306. The van der Waals surface area contributed by atoms with Crippen LogP contribution in [-0.4, -0.2) is 50.9 Å². The fraction of sp³-hybridized carbons (Fsp3) is 0.348. The van der Waals surface area contributed by atoms with E-state index >= 15 is 0 Å². The normalized spacial score (nSPS) is 12.3. The van der Waals surface area contributed by atoms with Crippen LogP contribution >= 0.6 is 11.6 Å². The summed E-state index contributed by atoms with van der Waals surface area (Å²) in [6, 6.07) is 11.7. The first-order valence-electron chi connectivity index (χ1n) is 10.0. The molecule has 0 unspecified atom stereocenters. The molecule has 0 aromatic heterocycles. The number of hydrogen-bond acceptors (Lipinski definition) is 4. The van der Waals surface area contributed by atoms with Gasteiger partial charge < -0.3 is 20.7 Å². The first-order valence-corrected chi connectivity index (χ1v) is 10.4. The molecule has 0 radical (unpaired) electrons. The first kappa shape index (κ1) is 24.2. The van der Waals surface area contributed by atoms with Gasteiger partial charge in [-0.1, -0.05) is 35.9 Å². The predicted molar refractivity (Wildman–Crippen MR) is 124 cm³/mol. The van der Waals surface area contributed by atoms with Crippen LogP contribution in [0.4, 0.5) is 0 Å². The van der Waals surface area contributed by atoms with E-state index in [0.29, 0.717) is 22.8 Å². The molecular formula is C23H29ClN4O3. The van der Waals surface area contributed by atoms with Crippen LogP contribution in [0.25, 0.3) is 0 Å². The Balaban J connectivity index is 2.15. The van der Waals surface area contributed by atoms with Crippen molar-refractivity contribution in [3.63, 3.8) is 0 Å². The number of carbonyl (C=O) groups is 2. The number of ether oxygens (including phenoxy) is 1. The van der Waals surface area contributed by atoms with Gasteiger partial charge in [-0.05, 0) is 37.6 Å². The van der Waals surface area contributed by atoms with Crippen molar-refractivity contribution >= 4 is 29.3 Å². The zero-order valence-corrected chi connectivity index (χ0v) is 19.2. The quantitative estimate of drug-likeness (QED) is 0.431. The van der Waals surface area contributed by atoms with Crippen LogP contribution in [0.15, 0.2) is 47.5 Å². The lowest BCUT2D eigenvalue weighted by Gasteiger charge is -2.18. The number of nitrogens with one attached hydrogen (secondary N) is 3. The molecule has 2 amide bonds. The number of hydrogen-bond donors (Lipinski definition) is 3. The van der Waals surface area contributed by atoms with Crippen molar-refractivity contribution in [2.45, 2.75) is 32.4 Å². The number of benzene rings is 2. The molecule has 0 saturated carbocycles. The predicted octanol–water partition coefficient (Wildman–Crippen LogP) is 2.81. The van der Waals surface area contributed by atoms with Gasteiger partial charge >= 0.3 is 0 Å². The van der Waals surface area contributed by atoms with Crippen molar-refractivity contribution < 1.29 is 14.3 Å². The Morgan fingerprint density at radius 1 is 1.03 bits per heavy atom. The average molecular weight is 445 g/mol. The molecule has 0 fully saturated rings. The number of likely N-dealkylation sites (N-methyl/N-ethyl adjacent to an activating group) is 1. The molecule has 8 heteroatoms. The standard InChI is InChI=1S/C23H29ClN4O3/c1-14(2)31-20-11-10-17(13-18(20)24)22(29)28-19(23(30)27-5)12-15-6-8-16(9-7-15)21(25-3)26-4/h6-11,13-14,19H,12H2,1-5H3,(H,25,26)(H,27,30)(H,28,29)/t19-/m0/s1. The molecule has 0 aliphatic rings. The smallest absolute Gasteiger partial charge is 0.251 e. The van der Waals surface area contributed by atoms with Crippen molar-refractivity contribution in [2.75, 3.05) is 21.1 Å². The van der Waals surface area contributed by atoms with Gasteiger partial charge in [-0.3, -0.25) is 14.6 Å². The van der Waals surface area contributed by atoms with Gasteiger partial charge in [0.15, 0.2) is 0 Å². The Hall–Kier alpha value is -3.06. The SMILES string of the molecule is CN=C(NC)c1ccc(C[C@H](NC(=O)c2ccc(OC(C)C)c(Cl)c2)C(=O)NC)cc1. The van der Waals surface area contributed by atoms with Crippen molar-refractivity contribution in [3.05, 3.63) is 64.2 Å². The number of nitrogens with zero attached hydrogens (tertiary/aromatic N) is 1. The van der Waals surface area contributed by atoms with Crippen LogP contribution in [-0.2, 0) is 11.2 Å². The minimum atomic E-state index is -0.739. The summed E-state index contributed by atoms with van der Waals surface area (Å²) < 4.78 is 5.60. The molecule has 3 N–H and O–H groups in total. The molecule has 0 heterocycles. The maximum atomic E-state index is 12.8. The molecule has 2 aromatic carbocycles. The van der Waals surface area contributed by atoms with E-state index in [9.17, 15) is 9.59 Å². The molecule has 7 nitrogen and oxygen atoms in total. The zero-order valence-electron chi connectivity index (χ0n) is 18.5. The number of halogens is 1. The van der Waals surface area contributed by atoms with Crippen LogP contribution in [0.2, 0.25) is 5.02 Å². The second-order valence-corrected chi connectivity index (χ2v) is 7.58. The number of aliphatic imine (C=N–C) groups is 1. The fourth-order valence-electron chi connectivity index (χ4n) is 3.04. The number of amides is 2. The highest BCUT2D eigenvalue weighted by atomic mass is 35.5. The highest BCUT2D eigenvalue weighted by molar-refractivity contribution is 6.32. The second-order valence-electron chi connectivity index (χ2n) is 7.18. The van der Waals surface area contributed by atoms with Crippen molar-refractivity contribution in [1.29, 1.82) is 0 Å². The van der Waals surface area contributed by atoms with Crippen LogP contribution in [0.3, 0.4) is 0 Å². The zero-order chi connectivity index (χ0) is 23.0. The van der Waals surface area contributed by atoms with E-state index in [2.05, 4.69) is 20.9 Å². The third-order valence-corrected chi connectivity index (χ3v) is 4.85. The van der Waals surface area contributed by atoms with E-state index in [4.69, 9.17) is 16.3 Å². The minimum Gasteiger partial charge on any atom is -0.489 e. The monoisotopic (exact) mass is 444 g/mol. The fourth-order valence-corrected chi connectivity index (χ4v) is 3.26. The molecular weight excluding hydrogens is 416 g/mol. The van der Waals surface area contributed by atoms with E-state index in [0.717, 1.165) is 17.0 Å². The lowest BCUT2D eigenvalue weighted by molar-refractivity contribution is -0.122. The summed E-state index contributed by atoms with van der Waals surface area (Å²) in [5, 5.41) is 8.76. The highest BCUT2D eigenvalue weighted by Gasteiger charge is 2.21. The molecule has 0 spiro atoms. The van der Waals surface area contributed by atoms with Crippen molar-refractivity contribution in [1.82, 2.24) is 16.0 Å². The van der Waals surface area contributed by atoms with Gasteiger partial charge in [0, 0.05) is 38.7 Å². The highest BCUT2D eigenvalue weighted by Crippen LogP contribution is 2.26. The second kappa shape index (κ2) is 11.4. The third kappa shape index (κ3) is 6.72. The van der Waals surface area contributed by atoms with Crippen LogP contribution < -0.4 is 20.7 Å². The van der Waals surface area contributed by atoms with E-state index in [1.54, 1.807) is 26.2 Å². The Bertz CT molecular complexity index is 942. The maximum absolute atomic E-state index is 12.8. The van der Waals surface area contributed by atoms with Gasteiger partial charge in [0.1, 0.15) is 17.6 Å². The number of amidine groups is 1. The largest absolute Gasteiger partial charge is 0.489 e. The van der Waals surface area contributed by atoms with Gasteiger partial charge in [-0.25, -0.2) is 0 Å². The van der Waals surface area contributed by atoms with Crippen LogP contribution in [0.5, 0.6) is 5.75 Å². The number of carbonyl (C=O) groups excluding carboxylic acids is 2. The first-order chi connectivity index (χ1) is 14.8. The topological polar surface area (TPSA) is 91.8 Å². The molecule has 0 bridgehead atoms. The van der Waals surface area contributed by atoms with E-state index in [-0.39, 0.29) is 17.9 Å². The molecule has 166 valence electrons. The Labute approximate surface area is 188 Å². The van der Waals surface area contributed by atoms with Gasteiger partial charge in [0.25, 0.3) is 5.91 Å². The Kier molecular flexibility index (Phi) is 8.88.